The van der Waals surface area contributed by atoms with Gasteiger partial charge in [0.05, 0.1) is 19.1 Å². The summed E-state index contributed by atoms with van der Waals surface area (Å²) in [5.74, 6) is 1.96. The van der Waals surface area contributed by atoms with E-state index in [1.807, 2.05) is 43.0 Å². The molecule has 0 radical (unpaired) electrons. The molecule has 1 aliphatic rings. The van der Waals surface area contributed by atoms with Gasteiger partial charge in [-0.05, 0) is 56.5 Å². The molecule has 4 heteroatoms. The fourth-order valence-electron chi connectivity index (χ4n) is 3.54. The van der Waals surface area contributed by atoms with E-state index in [0.29, 0.717) is 13.1 Å². The number of carbonyl (C=O) groups is 1. The molecular formula is C20H26N2O2. The van der Waals surface area contributed by atoms with Crippen LogP contribution >= 0.6 is 0 Å². The lowest BCUT2D eigenvalue weighted by atomic mass is 9.87. The summed E-state index contributed by atoms with van der Waals surface area (Å²) in [6, 6.07) is 12.6. The highest BCUT2D eigenvalue weighted by atomic mass is 16.3. The number of amides is 1. The van der Waals surface area contributed by atoms with Gasteiger partial charge < -0.3 is 9.32 Å². The van der Waals surface area contributed by atoms with E-state index in [4.69, 9.17) is 4.42 Å². The highest BCUT2D eigenvalue weighted by molar-refractivity contribution is 5.78. The third kappa shape index (κ3) is 3.70. The normalized spacial score (nSPS) is 16.9. The number of nitrogens with zero attached hydrogens (tertiary/aromatic N) is 2. The second-order valence-corrected chi connectivity index (χ2v) is 6.80. The Balaban J connectivity index is 1.63. The third-order valence-corrected chi connectivity index (χ3v) is 4.83. The first kappa shape index (κ1) is 16.8. The molecular weight excluding hydrogens is 300 g/mol. The molecule has 1 aliphatic carbocycles. The van der Waals surface area contributed by atoms with Crippen LogP contribution in [-0.2, 0) is 17.8 Å². The van der Waals surface area contributed by atoms with E-state index in [9.17, 15) is 4.79 Å². The molecule has 4 nitrogen and oxygen atoms in total. The minimum absolute atomic E-state index is 0.155. The average molecular weight is 326 g/mol. The fourth-order valence-corrected chi connectivity index (χ4v) is 3.54. The van der Waals surface area contributed by atoms with E-state index in [1.54, 1.807) is 0 Å². The molecule has 1 unspecified atom stereocenters. The van der Waals surface area contributed by atoms with Crippen LogP contribution < -0.4 is 0 Å². The van der Waals surface area contributed by atoms with Crippen LogP contribution in [0.1, 0.15) is 41.5 Å². The lowest BCUT2D eigenvalue weighted by Gasteiger charge is -2.34. The molecule has 0 fully saturated rings. The number of likely N-dealkylation sites (N-methyl/N-ethyl adjacent to an activating group) is 2. The summed E-state index contributed by atoms with van der Waals surface area (Å²) in [4.78, 5) is 16.6. The van der Waals surface area contributed by atoms with Crippen molar-refractivity contribution < 1.29 is 9.21 Å². The predicted octanol–water partition coefficient (Wildman–Crippen LogP) is 3.56. The predicted molar refractivity (Wildman–Crippen MR) is 94.7 cm³/mol. The molecule has 1 aromatic heterocycles. The summed E-state index contributed by atoms with van der Waals surface area (Å²) in [6.07, 6.45) is 3.30. The van der Waals surface area contributed by atoms with Crippen molar-refractivity contribution in [3.8, 4) is 0 Å². The van der Waals surface area contributed by atoms with Crippen molar-refractivity contribution in [3.05, 3.63) is 59.0 Å². The van der Waals surface area contributed by atoms with Gasteiger partial charge in [0, 0.05) is 7.05 Å². The van der Waals surface area contributed by atoms with Crippen molar-refractivity contribution in [2.24, 2.45) is 0 Å². The van der Waals surface area contributed by atoms with Crippen molar-refractivity contribution in [2.45, 2.75) is 38.8 Å². The molecule has 128 valence electrons. The molecule has 0 spiro atoms. The summed E-state index contributed by atoms with van der Waals surface area (Å²) in [6.45, 7) is 2.98. The largest absolute Gasteiger partial charge is 0.465 e. The van der Waals surface area contributed by atoms with Gasteiger partial charge in [-0.3, -0.25) is 9.69 Å². The van der Waals surface area contributed by atoms with E-state index in [2.05, 4.69) is 24.3 Å². The van der Waals surface area contributed by atoms with Crippen molar-refractivity contribution in [3.63, 3.8) is 0 Å². The Bertz CT molecular complexity index is 707. The van der Waals surface area contributed by atoms with Gasteiger partial charge in [0.1, 0.15) is 11.5 Å². The molecule has 1 heterocycles. The van der Waals surface area contributed by atoms with Gasteiger partial charge in [-0.15, -0.1) is 0 Å². The Kier molecular flexibility index (Phi) is 5.05. The van der Waals surface area contributed by atoms with Crippen LogP contribution in [0, 0.1) is 6.92 Å². The molecule has 0 saturated heterocycles. The quantitative estimate of drug-likeness (QED) is 0.843. The molecule has 0 aliphatic heterocycles. The van der Waals surface area contributed by atoms with Crippen LogP contribution in [0.5, 0.6) is 0 Å². The van der Waals surface area contributed by atoms with E-state index >= 15 is 0 Å². The van der Waals surface area contributed by atoms with Crippen LogP contribution in [0.4, 0.5) is 0 Å². The maximum atomic E-state index is 12.7. The van der Waals surface area contributed by atoms with E-state index in [-0.39, 0.29) is 11.9 Å². The van der Waals surface area contributed by atoms with E-state index in [0.717, 1.165) is 30.8 Å². The number of hydrogen-bond donors (Lipinski definition) is 0. The monoisotopic (exact) mass is 326 g/mol. The Morgan fingerprint density at radius 3 is 2.75 bits per heavy atom. The van der Waals surface area contributed by atoms with E-state index in [1.165, 1.54) is 11.1 Å². The number of aryl methyl sites for hydroxylation is 2. The molecule has 0 bridgehead atoms. The van der Waals surface area contributed by atoms with Crippen molar-refractivity contribution in [2.75, 3.05) is 20.6 Å². The fraction of sp³-hybridized carbons (Fsp3) is 0.450. The zero-order valence-electron chi connectivity index (χ0n) is 14.8. The number of hydrogen-bond acceptors (Lipinski definition) is 3. The molecule has 3 rings (SSSR count). The molecule has 1 atom stereocenters. The van der Waals surface area contributed by atoms with Gasteiger partial charge in [0.25, 0.3) is 0 Å². The Morgan fingerprint density at radius 1 is 1.21 bits per heavy atom. The SMILES string of the molecule is Cc1ccc(CN(C)CC(=O)N(C)C2CCCc3ccccc32)o1. The van der Waals surface area contributed by atoms with Gasteiger partial charge in [-0.25, -0.2) is 0 Å². The smallest absolute Gasteiger partial charge is 0.237 e. The number of carbonyl (C=O) groups excluding carboxylic acids is 1. The summed E-state index contributed by atoms with van der Waals surface area (Å²) in [7, 11) is 3.89. The van der Waals surface area contributed by atoms with Crippen LogP contribution in [0.2, 0.25) is 0 Å². The van der Waals surface area contributed by atoms with Crippen molar-refractivity contribution in [1.29, 1.82) is 0 Å². The summed E-state index contributed by atoms with van der Waals surface area (Å²) in [5.41, 5.74) is 2.69. The summed E-state index contributed by atoms with van der Waals surface area (Å²) >= 11 is 0. The third-order valence-electron chi connectivity index (χ3n) is 4.83. The maximum Gasteiger partial charge on any atom is 0.237 e. The number of fused-ring (bicyclic) bond motifs is 1. The lowest BCUT2D eigenvalue weighted by molar-refractivity contribution is -0.133. The molecule has 2 aromatic rings. The zero-order valence-corrected chi connectivity index (χ0v) is 14.8. The molecule has 1 amide bonds. The van der Waals surface area contributed by atoms with Gasteiger partial charge in [-0.1, -0.05) is 24.3 Å². The van der Waals surface area contributed by atoms with Gasteiger partial charge in [0.2, 0.25) is 5.91 Å². The number of furan rings is 1. The first-order valence-corrected chi connectivity index (χ1v) is 8.62. The Labute approximate surface area is 144 Å². The highest BCUT2D eigenvalue weighted by Gasteiger charge is 2.26. The Morgan fingerprint density at radius 2 is 2.00 bits per heavy atom. The molecule has 24 heavy (non-hydrogen) atoms. The standard InChI is InChI=1S/C20H26N2O2/c1-15-11-12-17(24-15)13-21(2)14-20(23)22(3)19-10-6-8-16-7-4-5-9-18(16)19/h4-5,7,9,11-12,19H,6,8,10,13-14H2,1-3H3. The summed E-state index contributed by atoms with van der Waals surface area (Å²) in [5, 5.41) is 0. The second-order valence-electron chi connectivity index (χ2n) is 6.80. The van der Waals surface area contributed by atoms with Crippen LogP contribution in [0.15, 0.2) is 40.8 Å². The van der Waals surface area contributed by atoms with Gasteiger partial charge in [0.15, 0.2) is 0 Å². The molecule has 1 aromatic carbocycles. The maximum absolute atomic E-state index is 12.7. The first-order chi connectivity index (χ1) is 11.5. The topological polar surface area (TPSA) is 36.7 Å². The number of rotatable bonds is 5. The van der Waals surface area contributed by atoms with Crippen LogP contribution in [0.25, 0.3) is 0 Å². The minimum atomic E-state index is 0.155. The van der Waals surface area contributed by atoms with Gasteiger partial charge in [-0.2, -0.15) is 0 Å². The average Bonchev–Trinajstić information content (AvgIpc) is 2.98. The zero-order chi connectivity index (χ0) is 17.1. The first-order valence-electron chi connectivity index (χ1n) is 8.62. The Hall–Kier alpha value is -2.07. The van der Waals surface area contributed by atoms with Crippen LogP contribution in [0.3, 0.4) is 0 Å². The van der Waals surface area contributed by atoms with Crippen LogP contribution in [-0.4, -0.2) is 36.3 Å². The van der Waals surface area contributed by atoms with Crippen molar-refractivity contribution in [1.82, 2.24) is 9.80 Å². The second kappa shape index (κ2) is 7.22. The highest BCUT2D eigenvalue weighted by Crippen LogP contribution is 2.33. The molecule has 0 N–H and O–H groups in total. The van der Waals surface area contributed by atoms with Crippen molar-refractivity contribution >= 4 is 5.91 Å². The minimum Gasteiger partial charge on any atom is -0.465 e. The lowest BCUT2D eigenvalue weighted by Crippen LogP contribution is -2.39. The molecule has 0 saturated carbocycles. The van der Waals surface area contributed by atoms with Gasteiger partial charge >= 0.3 is 0 Å². The summed E-state index contributed by atoms with van der Waals surface area (Å²) < 4.78 is 5.59. The number of benzene rings is 1. The van der Waals surface area contributed by atoms with E-state index < -0.39 is 0 Å².